The van der Waals surface area contributed by atoms with E-state index in [1.165, 1.54) is 37.6 Å². The summed E-state index contributed by atoms with van der Waals surface area (Å²) in [5, 5.41) is 31.1. The number of alkyl halides is 1. The van der Waals surface area contributed by atoms with Gasteiger partial charge in [-0.05, 0) is 38.1 Å². The smallest absolute Gasteiger partial charge is 0.255 e. The van der Waals surface area contributed by atoms with E-state index < -0.39 is 17.7 Å². The van der Waals surface area contributed by atoms with E-state index in [1.807, 2.05) is 12.1 Å². The Labute approximate surface area is 192 Å². The summed E-state index contributed by atoms with van der Waals surface area (Å²) in [6.07, 6.45) is 2.84. The SMILES string of the molecule is CC(C)(O)C(F)CNC(=O)c1cnc(-c2ccc3cc(C#N)cnn23)cc1Nc1nccs1. The molecule has 33 heavy (non-hydrogen) atoms. The molecule has 0 aliphatic rings. The Morgan fingerprint density at radius 3 is 2.85 bits per heavy atom. The van der Waals surface area contributed by atoms with Crippen LogP contribution in [0.3, 0.4) is 0 Å². The molecule has 4 aromatic rings. The summed E-state index contributed by atoms with van der Waals surface area (Å²) in [6.45, 7) is 2.32. The second-order valence-corrected chi connectivity index (χ2v) is 8.71. The van der Waals surface area contributed by atoms with Gasteiger partial charge in [-0.1, -0.05) is 0 Å². The van der Waals surface area contributed by atoms with Crippen LogP contribution in [0.2, 0.25) is 0 Å². The highest BCUT2D eigenvalue weighted by molar-refractivity contribution is 7.13. The van der Waals surface area contributed by atoms with Crippen LogP contribution < -0.4 is 10.6 Å². The minimum absolute atomic E-state index is 0.192. The molecule has 0 saturated carbocycles. The van der Waals surface area contributed by atoms with Crippen molar-refractivity contribution in [2.24, 2.45) is 0 Å². The third kappa shape index (κ3) is 4.82. The summed E-state index contributed by atoms with van der Waals surface area (Å²) in [5.74, 6) is -0.545. The van der Waals surface area contributed by atoms with Gasteiger partial charge in [-0.25, -0.2) is 13.9 Å². The van der Waals surface area contributed by atoms with Gasteiger partial charge in [0.05, 0.1) is 52.1 Å². The Hall–Kier alpha value is -3.88. The minimum Gasteiger partial charge on any atom is -0.387 e. The van der Waals surface area contributed by atoms with Crippen LogP contribution in [-0.2, 0) is 0 Å². The number of thiazole rings is 1. The van der Waals surface area contributed by atoms with E-state index in [0.717, 1.165) is 5.52 Å². The molecule has 1 unspecified atom stereocenters. The molecule has 0 aliphatic carbocycles. The zero-order valence-electron chi connectivity index (χ0n) is 17.8. The van der Waals surface area contributed by atoms with E-state index >= 15 is 0 Å². The van der Waals surface area contributed by atoms with Crippen LogP contribution in [0.25, 0.3) is 16.9 Å². The lowest BCUT2D eigenvalue weighted by Crippen LogP contribution is -2.42. The van der Waals surface area contributed by atoms with Gasteiger partial charge in [0, 0.05) is 17.8 Å². The Bertz CT molecular complexity index is 1340. The minimum atomic E-state index is -1.64. The van der Waals surface area contributed by atoms with Gasteiger partial charge in [0.2, 0.25) is 0 Å². The topological polar surface area (TPSA) is 128 Å². The number of fused-ring (bicyclic) bond motifs is 1. The highest BCUT2D eigenvalue weighted by Crippen LogP contribution is 2.28. The summed E-state index contributed by atoms with van der Waals surface area (Å²) in [7, 11) is 0. The number of hydrogen-bond donors (Lipinski definition) is 3. The number of nitrogens with zero attached hydrogens (tertiary/aromatic N) is 5. The Kier molecular flexibility index (Phi) is 6.04. The molecule has 4 aromatic heterocycles. The molecule has 0 aromatic carbocycles. The van der Waals surface area contributed by atoms with Crippen molar-refractivity contribution in [1.29, 1.82) is 5.26 Å². The predicted molar refractivity (Wildman–Crippen MR) is 122 cm³/mol. The number of aromatic nitrogens is 4. The first-order valence-corrected chi connectivity index (χ1v) is 10.8. The first kappa shape index (κ1) is 22.3. The van der Waals surface area contributed by atoms with Crippen LogP contribution in [0.5, 0.6) is 0 Å². The fourth-order valence-electron chi connectivity index (χ4n) is 3.06. The molecule has 0 spiro atoms. The van der Waals surface area contributed by atoms with E-state index in [-0.39, 0.29) is 12.1 Å². The third-order valence-electron chi connectivity index (χ3n) is 4.92. The van der Waals surface area contributed by atoms with Gasteiger partial charge in [0.25, 0.3) is 5.91 Å². The highest BCUT2D eigenvalue weighted by Gasteiger charge is 2.27. The second kappa shape index (κ2) is 8.93. The molecule has 0 aliphatic heterocycles. The molecule has 0 bridgehead atoms. The number of carbonyl (C=O) groups is 1. The monoisotopic (exact) mass is 465 g/mol. The molecule has 9 nitrogen and oxygen atoms in total. The number of rotatable bonds is 7. The quantitative estimate of drug-likeness (QED) is 0.382. The molecule has 168 valence electrons. The average Bonchev–Trinajstić information content (AvgIpc) is 3.45. The van der Waals surface area contributed by atoms with Gasteiger partial charge >= 0.3 is 0 Å². The van der Waals surface area contributed by atoms with Crippen LogP contribution in [0.15, 0.2) is 48.2 Å². The van der Waals surface area contributed by atoms with Crippen molar-refractivity contribution in [2.45, 2.75) is 25.6 Å². The number of nitriles is 1. The van der Waals surface area contributed by atoms with Crippen LogP contribution >= 0.6 is 11.3 Å². The van der Waals surface area contributed by atoms with Gasteiger partial charge in [-0.3, -0.25) is 9.78 Å². The predicted octanol–water partition coefficient (Wildman–Crippen LogP) is 3.31. The number of nitrogens with one attached hydrogen (secondary N) is 2. The summed E-state index contributed by atoms with van der Waals surface area (Å²) in [4.78, 5) is 21.4. The second-order valence-electron chi connectivity index (χ2n) is 7.82. The molecule has 4 rings (SSSR count). The van der Waals surface area contributed by atoms with Crippen molar-refractivity contribution >= 4 is 33.6 Å². The van der Waals surface area contributed by atoms with Gasteiger partial charge in [-0.2, -0.15) is 10.4 Å². The van der Waals surface area contributed by atoms with Gasteiger partial charge in [-0.15, -0.1) is 11.3 Å². The van der Waals surface area contributed by atoms with E-state index in [4.69, 9.17) is 5.26 Å². The maximum atomic E-state index is 14.1. The number of aliphatic hydroxyl groups is 1. The zero-order valence-corrected chi connectivity index (χ0v) is 18.6. The van der Waals surface area contributed by atoms with Gasteiger partial charge in [0.1, 0.15) is 12.2 Å². The largest absolute Gasteiger partial charge is 0.387 e. The van der Waals surface area contributed by atoms with Crippen LogP contribution in [0.4, 0.5) is 15.2 Å². The third-order valence-corrected chi connectivity index (χ3v) is 5.61. The van der Waals surface area contributed by atoms with Crippen LogP contribution in [0.1, 0.15) is 29.8 Å². The number of halogens is 1. The van der Waals surface area contributed by atoms with Crippen molar-refractivity contribution in [3.05, 3.63) is 59.4 Å². The first-order valence-electron chi connectivity index (χ1n) is 9.95. The molecule has 1 atom stereocenters. The Morgan fingerprint density at radius 2 is 2.15 bits per heavy atom. The molecule has 1 amide bonds. The number of amides is 1. The first-order chi connectivity index (χ1) is 15.8. The van der Waals surface area contributed by atoms with Gasteiger partial charge < -0.3 is 15.7 Å². The van der Waals surface area contributed by atoms with Gasteiger partial charge in [0.15, 0.2) is 5.13 Å². The molecular formula is C22H20FN7O2S. The summed E-state index contributed by atoms with van der Waals surface area (Å²) in [5.41, 5.74) is 1.40. The van der Waals surface area contributed by atoms with E-state index in [1.54, 1.807) is 28.2 Å². The van der Waals surface area contributed by atoms with E-state index in [2.05, 4.69) is 31.8 Å². The summed E-state index contributed by atoms with van der Waals surface area (Å²) in [6, 6.07) is 9.08. The number of hydrogen-bond acceptors (Lipinski definition) is 8. The molecule has 0 fully saturated rings. The van der Waals surface area contributed by atoms with Crippen LogP contribution in [-0.4, -0.2) is 48.9 Å². The number of anilines is 2. The van der Waals surface area contributed by atoms with E-state index in [0.29, 0.717) is 27.8 Å². The summed E-state index contributed by atoms with van der Waals surface area (Å²) < 4.78 is 15.8. The lowest BCUT2D eigenvalue weighted by atomic mass is 10.0. The fraction of sp³-hybridized carbons (Fsp3) is 0.227. The standard InChI is InChI=1S/C22H20FN7O2S/c1-22(2,32)19(23)12-27-20(31)15-11-26-17(8-16(15)29-21-25-5-6-33-21)18-4-3-14-7-13(9-24)10-28-30(14)18/h3-8,10-11,19,32H,12H2,1-2H3,(H,27,31)(H,25,26,29). The lowest BCUT2D eigenvalue weighted by molar-refractivity contribution is -0.00177. The molecule has 3 N–H and O–H groups in total. The number of pyridine rings is 1. The number of carbonyl (C=O) groups excluding carboxylic acids is 1. The maximum Gasteiger partial charge on any atom is 0.255 e. The zero-order chi connectivity index (χ0) is 23.6. The molecule has 0 saturated heterocycles. The van der Waals surface area contributed by atoms with Crippen LogP contribution in [0, 0.1) is 11.3 Å². The Balaban J connectivity index is 1.69. The average molecular weight is 466 g/mol. The maximum absolute atomic E-state index is 14.1. The van der Waals surface area contributed by atoms with Crippen molar-refractivity contribution in [3.63, 3.8) is 0 Å². The summed E-state index contributed by atoms with van der Waals surface area (Å²) >= 11 is 1.35. The normalized spacial score (nSPS) is 12.3. The van der Waals surface area contributed by atoms with Crippen molar-refractivity contribution in [2.75, 3.05) is 11.9 Å². The molecular weight excluding hydrogens is 445 g/mol. The van der Waals surface area contributed by atoms with Crippen molar-refractivity contribution in [3.8, 4) is 17.5 Å². The lowest BCUT2D eigenvalue weighted by Gasteiger charge is -2.22. The molecule has 0 radical (unpaired) electrons. The molecule has 4 heterocycles. The fourth-order valence-corrected chi connectivity index (χ4v) is 3.60. The molecule has 11 heteroatoms. The Morgan fingerprint density at radius 1 is 1.33 bits per heavy atom. The van der Waals surface area contributed by atoms with Crippen molar-refractivity contribution in [1.82, 2.24) is 24.9 Å². The van der Waals surface area contributed by atoms with E-state index in [9.17, 15) is 14.3 Å². The highest BCUT2D eigenvalue weighted by atomic mass is 32.1. The van der Waals surface area contributed by atoms with Crippen molar-refractivity contribution < 1.29 is 14.3 Å².